The highest BCUT2D eigenvalue weighted by molar-refractivity contribution is 5.96. The van der Waals surface area contributed by atoms with E-state index in [1.807, 2.05) is 5.92 Å². The average molecular weight is 367 g/mol. The minimum atomic E-state index is -2.78. The van der Waals surface area contributed by atoms with Gasteiger partial charge in [-0.15, -0.1) is 6.42 Å². The number of hydrogen-bond acceptors (Lipinski definition) is 3. The molecule has 0 aliphatic heterocycles. The molecule has 0 unspecified atom stereocenters. The van der Waals surface area contributed by atoms with E-state index in [0.29, 0.717) is 29.5 Å². The van der Waals surface area contributed by atoms with E-state index in [0.717, 1.165) is 6.42 Å². The molecule has 3 nitrogen and oxygen atoms in total. The van der Waals surface area contributed by atoms with Gasteiger partial charge in [0.05, 0.1) is 12.0 Å². The molecule has 0 saturated heterocycles. The van der Waals surface area contributed by atoms with Crippen molar-refractivity contribution < 1.29 is 18.4 Å². The maximum absolute atomic E-state index is 13.8. The van der Waals surface area contributed by atoms with Crippen molar-refractivity contribution >= 4 is 11.6 Å². The summed E-state index contributed by atoms with van der Waals surface area (Å²) in [5.41, 5.74) is 0.840. The first-order chi connectivity index (χ1) is 11.8. The molecular weight excluding hydrogens is 336 g/mol. The molecule has 146 valence electrons. The molecule has 0 atom stereocenters. The number of carbonyl (C=O) groups is 2. The molecule has 0 radical (unpaired) electrons. The monoisotopic (exact) mass is 367 g/mol. The van der Waals surface area contributed by atoms with Gasteiger partial charge in [-0.1, -0.05) is 34.1 Å². The molecule has 0 amide bonds. The van der Waals surface area contributed by atoms with Gasteiger partial charge < -0.3 is 5.32 Å². The predicted molar refractivity (Wildman–Crippen MR) is 99.8 cm³/mol. The van der Waals surface area contributed by atoms with Gasteiger partial charge in [-0.05, 0) is 43.1 Å². The Kier molecular flexibility index (Phi) is 7.16. The van der Waals surface area contributed by atoms with Gasteiger partial charge in [0.25, 0.3) is 5.92 Å². The lowest BCUT2D eigenvalue weighted by molar-refractivity contribution is -0.129. The normalized spacial score (nSPS) is 20.8. The summed E-state index contributed by atoms with van der Waals surface area (Å²) in [6.45, 7) is 10.1. The Morgan fingerprint density at radius 1 is 1.19 bits per heavy atom. The summed E-state index contributed by atoms with van der Waals surface area (Å²) in [6, 6.07) is 0. The number of Topliss-reactive ketones (excluding diaryl/α,β-unsaturated/α-hetero) is 2. The zero-order chi connectivity index (χ0) is 20.2. The molecule has 0 bridgehead atoms. The SMILES string of the molecule is C#CC(=O)CNC1=C(C2(C(C)=O)CCC2)CC(F)(F)CC1.CC(C)(C)C. The van der Waals surface area contributed by atoms with Crippen molar-refractivity contribution in [2.45, 2.75) is 79.1 Å². The molecule has 2 rings (SSSR count). The smallest absolute Gasteiger partial charge is 0.252 e. The van der Waals surface area contributed by atoms with E-state index >= 15 is 0 Å². The van der Waals surface area contributed by atoms with Gasteiger partial charge in [0.15, 0.2) is 0 Å². The number of alkyl halides is 2. The second-order valence-corrected chi connectivity index (χ2v) is 8.90. The second-order valence-electron chi connectivity index (χ2n) is 8.90. The first-order valence-corrected chi connectivity index (χ1v) is 9.15. The quantitative estimate of drug-likeness (QED) is 0.568. The predicted octanol–water partition coefficient (Wildman–Crippen LogP) is 4.66. The summed E-state index contributed by atoms with van der Waals surface area (Å²) in [5.74, 6) is -1.29. The molecule has 1 fully saturated rings. The fourth-order valence-electron chi connectivity index (χ4n) is 3.20. The lowest BCUT2D eigenvalue weighted by Gasteiger charge is -2.45. The standard InChI is InChI=1S/C16H19F2NO2.C5H12/c1-3-12(21)10-19-14-5-8-16(17,18)9-13(14)15(11(2)20)6-4-7-15;1-5(2,3)4/h1,19H,4-10H2,2H3;1-4H3. The average Bonchev–Trinajstić information content (AvgIpc) is 2.42. The Balaban J connectivity index is 0.000000597. The van der Waals surface area contributed by atoms with Gasteiger partial charge in [0.1, 0.15) is 5.78 Å². The van der Waals surface area contributed by atoms with Gasteiger partial charge in [-0.3, -0.25) is 9.59 Å². The van der Waals surface area contributed by atoms with Gasteiger partial charge >= 0.3 is 0 Å². The highest BCUT2D eigenvalue weighted by Crippen LogP contribution is 2.54. The van der Waals surface area contributed by atoms with Crippen molar-refractivity contribution in [1.29, 1.82) is 0 Å². The number of nitrogens with one attached hydrogen (secondary N) is 1. The molecule has 1 saturated carbocycles. The van der Waals surface area contributed by atoms with Crippen LogP contribution in [0.3, 0.4) is 0 Å². The van der Waals surface area contributed by atoms with Gasteiger partial charge in [0, 0.05) is 18.5 Å². The topological polar surface area (TPSA) is 46.2 Å². The Hall–Kier alpha value is -1.70. The highest BCUT2D eigenvalue weighted by atomic mass is 19.3. The van der Waals surface area contributed by atoms with Gasteiger partial charge in [0.2, 0.25) is 5.78 Å². The Bertz CT molecular complexity index is 611. The number of ketones is 2. The Labute approximate surface area is 156 Å². The molecule has 5 heteroatoms. The number of halogens is 2. The van der Waals surface area contributed by atoms with Crippen molar-refractivity contribution in [2.24, 2.45) is 10.8 Å². The number of allylic oxidation sites excluding steroid dienone is 2. The third kappa shape index (κ3) is 6.23. The summed E-state index contributed by atoms with van der Waals surface area (Å²) in [6.07, 6.45) is 6.58. The summed E-state index contributed by atoms with van der Waals surface area (Å²) in [7, 11) is 0. The van der Waals surface area contributed by atoms with Crippen LogP contribution in [-0.2, 0) is 9.59 Å². The van der Waals surface area contributed by atoms with Crippen LogP contribution in [0.2, 0.25) is 0 Å². The number of hydrogen-bond donors (Lipinski definition) is 1. The summed E-state index contributed by atoms with van der Waals surface area (Å²) >= 11 is 0. The molecule has 0 heterocycles. The van der Waals surface area contributed by atoms with Crippen LogP contribution >= 0.6 is 0 Å². The van der Waals surface area contributed by atoms with Crippen LogP contribution in [-0.4, -0.2) is 24.0 Å². The number of terminal acetylenes is 1. The van der Waals surface area contributed by atoms with E-state index in [9.17, 15) is 18.4 Å². The Morgan fingerprint density at radius 2 is 1.73 bits per heavy atom. The van der Waals surface area contributed by atoms with Crippen LogP contribution in [0, 0.1) is 23.2 Å². The van der Waals surface area contributed by atoms with Crippen LogP contribution in [0.15, 0.2) is 11.3 Å². The van der Waals surface area contributed by atoms with E-state index in [1.54, 1.807) is 0 Å². The van der Waals surface area contributed by atoms with Crippen LogP contribution in [0.25, 0.3) is 0 Å². The molecule has 0 aromatic heterocycles. The lowest BCUT2D eigenvalue weighted by Crippen LogP contribution is -2.44. The molecule has 0 spiro atoms. The van der Waals surface area contributed by atoms with Gasteiger partial charge in [-0.25, -0.2) is 8.78 Å². The number of rotatable bonds is 5. The fraction of sp³-hybridized carbons (Fsp3) is 0.714. The third-order valence-corrected chi connectivity index (χ3v) is 4.62. The first-order valence-electron chi connectivity index (χ1n) is 9.15. The van der Waals surface area contributed by atoms with Crippen LogP contribution in [0.5, 0.6) is 0 Å². The van der Waals surface area contributed by atoms with Crippen LogP contribution in [0.4, 0.5) is 8.78 Å². The molecule has 2 aliphatic rings. The van der Waals surface area contributed by atoms with Crippen LogP contribution in [0.1, 0.15) is 73.1 Å². The minimum absolute atomic E-state index is 0.0657. The van der Waals surface area contributed by atoms with Crippen molar-refractivity contribution in [1.82, 2.24) is 5.32 Å². The third-order valence-electron chi connectivity index (χ3n) is 4.62. The molecule has 0 aromatic rings. The first kappa shape index (κ1) is 22.3. The second kappa shape index (κ2) is 8.33. The summed E-state index contributed by atoms with van der Waals surface area (Å²) in [5, 5.41) is 2.89. The van der Waals surface area contributed by atoms with E-state index in [1.165, 1.54) is 6.92 Å². The fourth-order valence-corrected chi connectivity index (χ4v) is 3.20. The van der Waals surface area contributed by atoms with Gasteiger partial charge in [-0.2, -0.15) is 0 Å². The molecular formula is C21H31F2NO2. The van der Waals surface area contributed by atoms with Crippen LogP contribution < -0.4 is 5.32 Å². The maximum Gasteiger partial charge on any atom is 0.252 e. The lowest BCUT2D eigenvalue weighted by atomic mass is 9.59. The molecule has 1 N–H and O–H groups in total. The minimum Gasteiger partial charge on any atom is -0.380 e. The van der Waals surface area contributed by atoms with Crippen molar-refractivity contribution in [3.05, 3.63) is 11.3 Å². The summed E-state index contributed by atoms with van der Waals surface area (Å²) < 4.78 is 27.5. The zero-order valence-electron chi connectivity index (χ0n) is 16.6. The van der Waals surface area contributed by atoms with Crippen molar-refractivity contribution in [3.8, 4) is 12.3 Å². The molecule has 2 aliphatic carbocycles. The van der Waals surface area contributed by atoms with E-state index in [2.05, 4.69) is 33.0 Å². The zero-order valence-corrected chi connectivity index (χ0v) is 16.6. The van der Waals surface area contributed by atoms with Crippen molar-refractivity contribution in [3.63, 3.8) is 0 Å². The maximum atomic E-state index is 13.8. The number of carbonyl (C=O) groups excluding carboxylic acids is 2. The summed E-state index contributed by atoms with van der Waals surface area (Å²) in [4.78, 5) is 23.2. The van der Waals surface area contributed by atoms with Crippen molar-refractivity contribution in [2.75, 3.05) is 6.54 Å². The van der Waals surface area contributed by atoms with E-state index in [4.69, 9.17) is 6.42 Å². The Morgan fingerprint density at radius 3 is 2.12 bits per heavy atom. The largest absolute Gasteiger partial charge is 0.380 e. The molecule has 26 heavy (non-hydrogen) atoms. The van der Waals surface area contributed by atoms with E-state index in [-0.39, 0.29) is 25.2 Å². The van der Waals surface area contributed by atoms with E-state index < -0.39 is 23.5 Å². The highest BCUT2D eigenvalue weighted by Gasteiger charge is 2.50. The molecule has 0 aromatic carbocycles.